The first-order valence-electron chi connectivity index (χ1n) is 5.86. The van der Waals surface area contributed by atoms with Crippen molar-refractivity contribution in [2.24, 2.45) is 0 Å². The van der Waals surface area contributed by atoms with Crippen molar-refractivity contribution < 1.29 is 8.42 Å². The fraction of sp³-hybridized carbons (Fsp3) is 1.00. The van der Waals surface area contributed by atoms with Crippen LogP contribution in [0.2, 0.25) is 0 Å². The maximum Gasteiger partial charge on any atom is 0.214 e. The van der Waals surface area contributed by atoms with Gasteiger partial charge >= 0.3 is 0 Å². The molecule has 2 fully saturated rings. The number of likely N-dealkylation sites (tertiary alicyclic amines) is 1. The van der Waals surface area contributed by atoms with Gasteiger partial charge in [0.25, 0.3) is 0 Å². The molecule has 1 N–H and O–H groups in total. The van der Waals surface area contributed by atoms with Gasteiger partial charge in [-0.3, -0.25) is 4.90 Å². The molecule has 1 heterocycles. The van der Waals surface area contributed by atoms with Gasteiger partial charge in [-0.1, -0.05) is 6.92 Å². The highest BCUT2D eigenvalue weighted by atomic mass is 32.2. The second-order valence-corrected chi connectivity index (χ2v) is 6.56. The molecule has 0 amide bonds. The number of hydrogen-bond donors (Lipinski definition) is 1. The Hall–Kier alpha value is -0.130. The van der Waals surface area contributed by atoms with E-state index >= 15 is 0 Å². The summed E-state index contributed by atoms with van der Waals surface area (Å²) < 4.78 is 26.0. The van der Waals surface area contributed by atoms with Crippen LogP contribution in [0.3, 0.4) is 0 Å². The van der Waals surface area contributed by atoms with Crippen LogP contribution in [0.1, 0.15) is 32.6 Å². The molecular formula is C10H20N2O2S. The van der Waals surface area contributed by atoms with Gasteiger partial charge in [-0.15, -0.1) is 0 Å². The SMILES string of the molecule is CCN1CCC[C@@H]1CNS(=O)(=O)C1CC1. The molecule has 5 heteroatoms. The average Bonchev–Trinajstić information content (AvgIpc) is 2.96. The zero-order chi connectivity index (χ0) is 10.9. The maximum atomic E-state index is 11.6. The molecule has 0 unspecified atom stereocenters. The van der Waals surface area contributed by atoms with Gasteiger partial charge in [-0.05, 0) is 38.8 Å². The Morgan fingerprint density at radius 2 is 2.07 bits per heavy atom. The molecule has 0 spiro atoms. The molecule has 88 valence electrons. The van der Waals surface area contributed by atoms with Crippen molar-refractivity contribution >= 4 is 10.0 Å². The van der Waals surface area contributed by atoms with E-state index < -0.39 is 10.0 Å². The number of likely N-dealkylation sites (N-methyl/N-ethyl adjacent to an activating group) is 1. The molecule has 0 radical (unpaired) electrons. The lowest BCUT2D eigenvalue weighted by Gasteiger charge is -2.22. The molecule has 2 aliphatic rings. The third-order valence-electron chi connectivity index (χ3n) is 3.39. The minimum atomic E-state index is -2.98. The second-order valence-electron chi connectivity index (χ2n) is 4.52. The van der Waals surface area contributed by atoms with E-state index in [4.69, 9.17) is 0 Å². The van der Waals surface area contributed by atoms with Gasteiger partial charge in [-0.25, -0.2) is 13.1 Å². The van der Waals surface area contributed by atoms with Crippen LogP contribution in [0.15, 0.2) is 0 Å². The van der Waals surface area contributed by atoms with Gasteiger partial charge in [0.05, 0.1) is 5.25 Å². The Bertz CT molecular complexity index is 311. The van der Waals surface area contributed by atoms with Crippen molar-refractivity contribution in [3.8, 4) is 0 Å². The van der Waals surface area contributed by atoms with Crippen molar-refractivity contribution in [3.63, 3.8) is 0 Å². The number of nitrogens with one attached hydrogen (secondary N) is 1. The number of rotatable bonds is 5. The molecule has 0 aromatic rings. The molecule has 1 aliphatic carbocycles. The number of sulfonamides is 1. The smallest absolute Gasteiger partial charge is 0.214 e. The molecule has 1 saturated carbocycles. The highest BCUT2D eigenvalue weighted by Crippen LogP contribution is 2.27. The van der Waals surface area contributed by atoms with E-state index in [0.29, 0.717) is 12.6 Å². The summed E-state index contributed by atoms with van der Waals surface area (Å²) in [5.41, 5.74) is 0. The van der Waals surface area contributed by atoms with E-state index in [9.17, 15) is 8.42 Å². The fourth-order valence-electron chi connectivity index (χ4n) is 2.25. The van der Waals surface area contributed by atoms with Gasteiger partial charge < -0.3 is 0 Å². The Kier molecular flexibility index (Phi) is 3.33. The zero-order valence-corrected chi connectivity index (χ0v) is 10.1. The summed E-state index contributed by atoms with van der Waals surface area (Å²) in [6.07, 6.45) is 4.01. The van der Waals surface area contributed by atoms with Crippen LogP contribution >= 0.6 is 0 Å². The van der Waals surface area contributed by atoms with Crippen LogP contribution in [0.4, 0.5) is 0 Å². The Morgan fingerprint density at radius 3 is 2.67 bits per heavy atom. The molecule has 0 bridgehead atoms. The maximum absolute atomic E-state index is 11.6. The predicted octanol–water partition coefficient (Wildman–Crippen LogP) is 0.552. The van der Waals surface area contributed by atoms with E-state index in [1.807, 2.05) is 0 Å². The first kappa shape index (κ1) is 11.4. The van der Waals surface area contributed by atoms with Crippen LogP contribution in [-0.4, -0.2) is 44.2 Å². The Labute approximate surface area is 92.1 Å². The lowest BCUT2D eigenvalue weighted by molar-refractivity contribution is 0.268. The standard InChI is InChI=1S/C10H20N2O2S/c1-2-12-7-3-4-9(12)8-11-15(13,14)10-5-6-10/h9-11H,2-8H2,1H3/t9-/m1/s1. The highest BCUT2D eigenvalue weighted by Gasteiger charge is 2.36. The van der Waals surface area contributed by atoms with E-state index in [0.717, 1.165) is 32.4 Å². The summed E-state index contributed by atoms with van der Waals surface area (Å²) in [4.78, 5) is 2.36. The van der Waals surface area contributed by atoms with Crippen LogP contribution in [-0.2, 0) is 10.0 Å². The second kappa shape index (κ2) is 4.39. The van der Waals surface area contributed by atoms with Crippen molar-refractivity contribution in [3.05, 3.63) is 0 Å². The van der Waals surface area contributed by atoms with Crippen molar-refractivity contribution in [1.29, 1.82) is 0 Å². The van der Waals surface area contributed by atoms with Crippen molar-refractivity contribution in [2.45, 2.75) is 43.9 Å². The summed E-state index contributed by atoms with van der Waals surface area (Å²) in [6, 6.07) is 0.420. The molecule has 1 aliphatic heterocycles. The van der Waals surface area contributed by atoms with Gasteiger partial charge in [0.15, 0.2) is 0 Å². The van der Waals surface area contributed by atoms with E-state index in [1.165, 1.54) is 6.42 Å². The first-order valence-corrected chi connectivity index (χ1v) is 7.40. The van der Waals surface area contributed by atoms with E-state index in [1.54, 1.807) is 0 Å². The van der Waals surface area contributed by atoms with E-state index in [-0.39, 0.29) is 5.25 Å². The summed E-state index contributed by atoms with van der Waals surface area (Å²) in [7, 11) is -2.98. The third kappa shape index (κ3) is 2.71. The molecule has 0 aromatic heterocycles. The lowest BCUT2D eigenvalue weighted by atomic mass is 10.2. The first-order chi connectivity index (χ1) is 7.13. The van der Waals surface area contributed by atoms with Crippen LogP contribution < -0.4 is 4.72 Å². The van der Waals surface area contributed by atoms with Gasteiger partial charge in [0.2, 0.25) is 10.0 Å². The molecule has 1 atom stereocenters. The summed E-state index contributed by atoms with van der Waals surface area (Å²) in [5, 5.41) is -0.0889. The van der Waals surface area contributed by atoms with E-state index in [2.05, 4.69) is 16.5 Å². The minimum Gasteiger partial charge on any atom is -0.299 e. The molecular weight excluding hydrogens is 212 g/mol. The van der Waals surface area contributed by atoms with Crippen LogP contribution in [0.25, 0.3) is 0 Å². The van der Waals surface area contributed by atoms with Gasteiger partial charge in [0, 0.05) is 12.6 Å². The molecule has 4 nitrogen and oxygen atoms in total. The fourth-order valence-corrected chi connectivity index (χ4v) is 3.67. The molecule has 15 heavy (non-hydrogen) atoms. The average molecular weight is 232 g/mol. The highest BCUT2D eigenvalue weighted by molar-refractivity contribution is 7.90. The Balaban J connectivity index is 1.82. The third-order valence-corrected chi connectivity index (χ3v) is 5.31. The number of hydrogen-bond acceptors (Lipinski definition) is 3. The monoisotopic (exact) mass is 232 g/mol. The normalized spacial score (nSPS) is 28.5. The van der Waals surface area contributed by atoms with Crippen molar-refractivity contribution in [1.82, 2.24) is 9.62 Å². The summed E-state index contributed by atoms with van der Waals surface area (Å²) in [5.74, 6) is 0. The van der Waals surface area contributed by atoms with Crippen LogP contribution in [0, 0.1) is 0 Å². The van der Waals surface area contributed by atoms with Gasteiger partial charge in [0.1, 0.15) is 0 Å². The molecule has 2 rings (SSSR count). The van der Waals surface area contributed by atoms with Gasteiger partial charge in [-0.2, -0.15) is 0 Å². The molecule has 1 saturated heterocycles. The summed E-state index contributed by atoms with van der Waals surface area (Å²) in [6.45, 7) is 4.88. The minimum absolute atomic E-state index is 0.0889. The lowest BCUT2D eigenvalue weighted by Crippen LogP contribution is -2.41. The quantitative estimate of drug-likeness (QED) is 0.753. The predicted molar refractivity (Wildman–Crippen MR) is 60.2 cm³/mol. The Morgan fingerprint density at radius 1 is 1.33 bits per heavy atom. The molecule has 0 aromatic carbocycles. The number of nitrogens with zero attached hydrogens (tertiary/aromatic N) is 1. The topological polar surface area (TPSA) is 49.4 Å². The zero-order valence-electron chi connectivity index (χ0n) is 9.28. The summed E-state index contributed by atoms with van der Waals surface area (Å²) >= 11 is 0. The van der Waals surface area contributed by atoms with Crippen molar-refractivity contribution in [2.75, 3.05) is 19.6 Å². The largest absolute Gasteiger partial charge is 0.299 e. The van der Waals surface area contributed by atoms with Crippen LogP contribution in [0.5, 0.6) is 0 Å².